The van der Waals surface area contributed by atoms with E-state index in [4.69, 9.17) is 9.73 Å². The molecule has 3 heterocycles. The Balaban J connectivity index is 1.43. The zero-order valence-corrected chi connectivity index (χ0v) is 13.2. The fourth-order valence-electron chi connectivity index (χ4n) is 3.26. The number of rotatable bonds is 4. The molecule has 2 saturated heterocycles. The van der Waals surface area contributed by atoms with Crippen molar-refractivity contribution in [1.82, 2.24) is 25.4 Å². The summed E-state index contributed by atoms with van der Waals surface area (Å²) < 4.78 is 7.90. The van der Waals surface area contributed by atoms with Gasteiger partial charge in [0, 0.05) is 13.1 Å². The lowest BCUT2D eigenvalue weighted by Gasteiger charge is -2.22. The number of guanidine groups is 1. The number of hydrogen-bond acceptors (Lipinski definition) is 4. The average molecular weight is 304 g/mol. The van der Waals surface area contributed by atoms with E-state index in [1.165, 1.54) is 25.7 Å². The first-order valence-corrected chi connectivity index (χ1v) is 8.27. The first kappa shape index (κ1) is 14.0. The van der Waals surface area contributed by atoms with E-state index in [0.29, 0.717) is 30.8 Å². The number of nitrogens with zero attached hydrogens (tertiary/aromatic N) is 4. The molecule has 7 nitrogen and oxygen atoms in total. The Morgan fingerprint density at radius 2 is 2.14 bits per heavy atom. The maximum absolute atomic E-state index is 5.92. The van der Waals surface area contributed by atoms with Crippen molar-refractivity contribution in [2.45, 2.75) is 69.9 Å². The molecule has 2 aliphatic heterocycles. The number of fused-ring (bicyclic) bond motifs is 2. The molecule has 3 unspecified atom stereocenters. The van der Waals surface area contributed by atoms with Gasteiger partial charge in [0.25, 0.3) is 0 Å². The largest absolute Gasteiger partial charge is 0.373 e. The van der Waals surface area contributed by atoms with Crippen LogP contribution in [0.3, 0.4) is 0 Å². The second kappa shape index (κ2) is 5.53. The molecule has 1 aromatic heterocycles. The minimum Gasteiger partial charge on any atom is -0.373 e. The lowest BCUT2D eigenvalue weighted by molar-refractivity contribution is 0.0992. The maximum Gasteiger partial charge on any atom is 0.192 e. The second-order valence-electron chi connectivity index (χ2n) is 6.67. The van der Waals surface area contributed by atoms with Crippen molar-refractivity contribution in [3.63, 3.8) is 0 Å². The summed E-state index contributed by atoms with van der Waals surface area (Å²) in [5.41, 5.74) is 0. The van der Waals surface area contributed by atoms with E-state index in [1.807, 2.05) is 18.5 Å². The summed E-state index contributed by atoms with van der Waals surface area (Å²) in [6.45, 7) is 2.50. The van der Waals surface area contributed by atoms with Gasteiger partial charge in [-0.2, -0.15) is 0 Å². The number of ether oxygens (including phenoxy) is 1. The Morgan fingerprint density at radius 3 is 2.73 bits per heavy atom. The molecule has 0 aromatic carbocycles. The van der Waals surface area contributed by atoms with Crippen LogP contribution in [0.4, 0.5) is 0 Å². The van der Waals surface area contributed by atoms with Crippen molar-refractivity contribution in [3.8, 4) is 0 Å². The van der Waals surface area contributed by atoms with Crippen LogP contribution >= 0.6 is 0 Å². The lowest BCUT2D eigenvalue weighted by atomic mass is 9.96. The van der Waals surface area contributed by atoms with Crippen LogP contribution in [0.25, 0.3) is 0 Å². The smallest absolute Gasteiger partial charge is 0.192 e. The number of aliphatic imine (C=N–C) groups is 1. The minimum atomic E-state index is 0.355. The van der Waals surface area contributed by atoms with E-state index in [-0.39, 0.29) is 0 Å². The predicted molar refractivity (Wildman–Crippen MR) is 82.5 cm³/mol. The number of nitrogens with one attached hydrogen (secondary N) is 2. The van der Waals surface area contributed by atoms with Gasteiger partial charge in [0.2, 0.25) is 0 Å². The quantitative estimate of drug-likeness (QED) is 0.631. The summed E-state index contributed by atoms with van der Waals surface area (Å²) in [5.74, 6) is 2.69. The Kier molecular flexibility index (Phi) is 3.52. The van der Waals surface area contributed by atoms with E-state index < -0.39 is 0 Å². The molecule has 2 N–H and O–H groups in total. The standard InChI is InChI=1S/C15H24N6O/c1-9-19-20-14(21(9)2)8-16-15(17-10-3-4-10)18-12-7-11-5-6-13(12)22-11/h10-13H,3-8H2,1-2H3,(H2,16,17,18). The van der Waals surface area contributed by atoms with Gasteiger partial charge in [-0.15, -0.1) is 10.2 Å². The molecule has 3 atom stereocenters. The van der Waals surface area contributed by atoms with E-state index in [0.717, 1.165) is 24.0 Å². The first-order chi connectivity index (χ1) is 10.7. The van der Waals surface area contributed by atoms with Crippen molar-refractivity contribution in [2.75, 3.05) is 0 Å². The van der Waals surface area contributed by atoms with E-state index >= 15 is 0 Å². The molecule has 22 heavy (non-hydrogen) atoms. The zero-order valence-electron chi connectivity index (χ0n) is 13.2. The molecule has 3 aliphatic rings. The van der Waals surface area contributed by atoms with Gasteiger partial charge >= 0.3 is 0 Å². The van der Waals surface area contributed by atoms with Crippen molar-refractivity contribution >= 4 is 5.96 Å². The SMILES string of the molecule is Cc1nnc(CN=C(NC2CC2)NC2CC3CCC2O3)n1C. The molecule has 1 saturated carbocycles. The molecule has 4 rings (SSSR count). The third-order valence-corrected chi connectivity index (χ3v) is 4.91. The van der Waals surface area contributed by atoms with Gasteiger partial charge in [-0.05, 0) is 39.0 Å². The topological polar surface area (TPSA) is 76.4 Å². The van der Waals surface area contributed by atoms with Crippen molar-refractivity contribution in [1.29, 1.82) is 0 Å². The highest BCUT2D eigenvalue weighted by Gasteiger charge is 2.41. The van der Waals surface area contributed by atoms with Crippen LogP contribution in [0.1, 0.15) is 43.8 Å². The summed E-state index contributed by atoms with van der Waals surface area (Å²) in [7, 11) is 1.98. The second-order valence-corrected chi connectivity index (χ2v) is 6.67. The molecular weight excluding hydrogens is 280 g/mol. The molecule has 1 aromatic rings. The molecule has 0 amide bonds. The molecule has 2 bridgehead atoms. The fraction of sp³-hybridized carbons (Fsp3) is 0.800. The molecule has 3 fully saturated rings. The van der Waals surface area contributed by atoms with Crippen molar-refractivity contribution in [2.24, 2.45) is 12.0 Å². The monoisotopic (exact) mass is 304 g/mol. The predicted octanol–water partition coefficient (Wildman–Crippen LogP) is 0.641. The third kappa shape index (κ3) is 2.82. The van der Waals surface area contributed by atoms with Crippen LogP contribution in [0.15, 0.2) is 4.99 Å². The van der Waals surface area contributed by atoms with Crippen LogP contribution < -0.4 is 10.6 Å². The Hall–Kier alpha value is -1.63. The fourth-order valence-corrected chi connectivity index (χ4v) is 3.26. The van der Waals surface area contributed by atoms with Crippen molar-refractivity contribution in [3.05, 3.63) is 11.6 Å². The molecule has 1 aliphatic carbocycles. The summed E-state index contributed by atoms with van der Waals surface area (Å²) >= 11 is 0. The summed E-state index contributed by atoms with van der Waals surface area (Å²) in [4.78, 5) is 4.71. The molecule has 0 spiro atoms. The Morgan fingerprint density at radius 1 is 1.27 bits per heavy atom. The summed E-state index contributed by atoms with van der Waals surface area (Å²) in [6.07, 6.45) is 6.75. The van der Waals surface area contributed by atoms with Gasteiger partial charge in [0.15, 0.2) is 11.8 Å². The maximum atomic E-state index is 5.92. The Labute approximate surface area is 130 Å². The highest BCUT2D eigenvalue weighted by molar-refractivity contribution is 5.80. The number of hydrogen-bond donors (Lipinski definition) is 2. The zero-order chi connectivity index (χ0) is 15.1. The summed E-state index contributed by atoms with van der Waals surface area (Å²) in [6, 6.07) is 0.969. The van der Waals surface area contributed by atoms with Gasteiger partial charge < -0.3 is 19.9 Å². The van der Waals surface area contributed by atoms with Gasteiger partial charge in [-0.3, -0.25) is 0 Å². The van der Waals surface area contributed by atoms with Gasteiger partial charge in [-0.1, -0.05) is 0 Å². The van der Waals surface area contributed by atoms with Crippen LogP contribution in [-0.2, 0) is 18.3 Å². The van der Waals surface area contributed by atoms with E-state index in [9.17, 15) is 0 Å². The lowest BCUT2D eigenvalue weighted by Crippen LogP contribution is -2.48. The molecule has 120 valence electrons. The van der Waals surface area contributed by atoms with Gasteiger partial charge in [0.1, 0.15) is 12.4 Å². The molecular formula is C15H24N6O. The van der Waals surface area contributed by atoms with Crippen LogP contribution in [0.5, 0.6) is 0 Å². The third-order valence-electron chi connectivity index (χ3n) is 4.91. The van der Waals surface area contributed by atoms with Crippen LogP contribution in [0, 0.1) is 6.92 Å². The molecule has 7 heteroatoms. The molecule has 0 radical (unpaired) electrons. The van der Waals surface area contributed by atoms with E-state index in [2.05, 4.69) is 20.8 Å². The van der Waals surface area contributed by atoms with Crippen LogP contribution in [-0.4, -0.2) is 45.0 Å². The minimum absolute atomic E-state index is 0.355. The highest BCUT2D eigenvalue weighted by Crippen LogP contribution is 2.34. The Bertz CT molecular complexity index is 579. The summed E-state index contributed by atoms with van der Waals surface area (Å²) in [5, 5.41) is 15.3. The number of aromatic nitrogens is 3. The number of aryl methyl sites for hydroxylation is 1. The highest BCUT2D eigenvalue weighted by atomic mass is 16.5. The first-order valence-electron chi connectivity index (χ1n) is 8.27. The average Bonchev–Trinajstić information content (AvgIpc) is 2.93. The van der Waals surface area contributed by atoms with Gasteiger partial charge in [0.05, 0.1) is 18.2 Å². The van der Waals surface area contributed by atoms with E-state index in [1.54, 1.807) is 0 Å². The normalized spacial score (nSPS) is 30.8. The van der Waals surface area contributed by atoms with Crippen LogP contribution in [0.2, 0.25) is 0 Å². The van der Waals surface area contributed by atoms with Gasteiger partial charge in [-0.25, -0.2) is 4.99 Å². The van der Waals surface area contributed by atoms with Crippen molar-refractivity contribution < 1.29 is 4.74 Å².